The summed E-state index contributed by atoms with van der Waals surface area (Å²) in [4.78, 5) is 12.0. The molecule has 1 radical (unpaired) electrons. The fraction of sp³-hybridized carbons (Fsp3) is 0.0455. The Hall–Kier alpha value is -3.76. The van der Waals surface area contributed by atoms with Crippen LogP contribution in [0.5, 0.6) is 0 Å². The van der Waals surface area contributed by atoms with E-state index in [2.05, 4.69) is 28.3 Å². The van der Waals surface area contributed by atoms with Gasteiger partial charge >= 0.3 is 0 Å². The molecule has 0 spiro atoms. The zero-order valence-electron chi connectivity index (χ0n) is 15.8. The molecular weight excluding hydrogens is 405 g/mol. The third-order valence-corrected chi connectivity index (χ3v) is 4.96. The Morgan fingerprint density at radius 3 is 2.83 bits per heavy atom. The second-order valence-corrected chi connectivity index (χ2v) is 7.09. The molecule has 4 aromatic rings. The van der Waals surface area contributed by atoms with E-state index < -0.39 is 5.82 Å². The number of hydrogen-bond acceptors (Lipinski definition) is 4. The van der Waals surface area contributed by atoms with Crippen LogP contribution in [0.2, 0.25) is 5.02 Å². The van der Waals surface area contributed by atoms with Crippen molar-refractivity contribution in [3.63, 3.8) is 0 Å². The van der Waals surface area contributed by atoms with Crippen molar-refractivity contribution in [1.82, 2.24) is 20.0 Å². The maximum atomic E-state index is 13.8. The minimum Gasteiger partial charge on any atom is -0.268 e. The number of benzene rings is 2. The highest BCUT2D eigenvalue weighted by Crippen LogP contribution is 2.30. The summed E-state index contributed by atoms with van der Waals surface area (Å²) in [5.41, 5.74) is 2.88. The van der Waals surface area contributed by atoms with Crippen LogP contribution in [-0.2, 0) is 7.05 Å². The van der Waals surface area contributed by atoms with Gasteiger partial charge in [0.15, 0.2) is 0 Å². The molecule has 4 rings (SSSR count). The molecule has 0 atom stereocenters. The quantitative estimate of drug-likeness (QED) is 0.501. The summed E-state index contributed by atoms with van der Waals surface area (Å²) in [5, 5.41) is 21.6. The maximum absolute atomic E-state index is 13.8. The minimum atomic E-state index is -0.529. The number of nitriles is 1. The van der Waals surface area contributed by atoms with E-state index in [0.29, 0.717) is 27.7 Å². The molecule has 0 saturated heterocycles. The number of nitrogens with one attached hydrogen (secondary N) is 1. The van der Waals surface area contributed by atoms with Crippen molar-refractivity contribution >= 4 is 34.0 Å². The molecule has 0 amide bonds. The molecule has 0 bridgehead atoms. The second-order valence-electron chi connectivity index (χ2n) is 6.65. The highest BCUT2D eigenvalue weighted by atomic mass is 35.5. The van der Waals surface area contributed by atoms with Gasteiger partial charge < -0.3 is 0 Å². The van der Waals surface area contributed by atoms with Gasteiger partial charge in [-0.25, -0.2) is 9.49 Å². The van der Waals surface area contributed by atoms with Gasteiger partial charge in [-0.05, 0) is 54.5 Å². The smallest absolute Gasteiger partial charge is 0.268 e. The van der Waals surface area contributed by atoms with Crippen LogP contribution >= 0.6 is 11.6 Å². The largest absolute Gasteiger partial charge is 0.272 e. The molecule has 0 unspecified atom stereocenters. The van der Waals surface area contributed by atoms with E-state index in [1.165, 1.54) is 18.2 Å². The van der Waals surface area contributed by atoms with Crippen molar-refractivity contribution in [2.45, 2.75) is 0 Å². The molecule has 6 nitrogen and oxygen atoms in total. The standard InChI is InChI=1S/C22H14ClFN5O/c1-12-19-7-13(3-4-18(19)22(30)28-27-12)20-11-26-29(2)21(20)8-15(10-25)14-5-16(23)9-17(24)6-14/h3-9,11H,1H2,2H3,(H,28,30). The van der Waals surface area contributed by atoms with E-state index in [9.17, 15) is 14.4 Å². The van der Waals surface area contributed by atoms with E-state index in [1.807, 2.05) is 0 Å². The number of halogens is 2. The van der Waals surface area contributed by atoms with Gasteiger partial charge in [-0.15, -0.1) is 0 Å². The van der Waals surface area contributed by atoms with Crippen LogP contribution in [0.3, 0.4) is 0 Å². The molecule has 30 heavy (non-hydrogen) atoms. The summed E-state index contributed by atoms with van der Waals surface area (Å²) in [6.45, 7) is 3.86. The topological polar surface area (TPSA) is 87.4 Å². The zero-order chi connectivity index (χ0) is 21.4. The second kappa shape index (κ2) is 7.58. The molecular formula is C22H14ClFN5O. The van der Waals surface area contributed by atoms with Crippen molar-refractivity contribution in [3.8, 4) is 17.2 Å². The Morgan fingerprint density at radius 1 is 1.30 bits per heavy atom. The van der Waals surface area contributed by atoms with Gasteiger partial charge in [0, 0.05) is 23.0 Å². The summed E-state index contributed by atoms with van der Waals surface area (Å²) < 4.78 is 15.4. The first-order chi connectivity index (χ1) is 14.4. The fourth-order valence-electron chi connectivity index (χ4n) is 3.25. The number of aryl methyl sites for hydroxylation is 1. The van der Waals surface area contributed by atoms with Crippen LogP contribution in [0, 0.1) is 24.1 Å². The Labute approximate surface area is 175 Å². The first-order valence-electron chi connectivity index (χ1n) is 8.82. The molecule has 147 valence electrons. The Morgan fingerprint density at radius 2 is 2.10 bits per heavy atom. The van der Waals surface area contributed by atoms with Gasteiger partial charge in [0.1, 0.15) is 5.82 Å². The Balaban J connectivity index is 1.89. The predicted molar refractivity (Wildman–Crippen MR) is 114 cm³/mol. The third-order valence-electron chi connectivity index (χ3n) is 4.74. The maximum Gasteiger partial charge on any atom is 0.272 e. The minimum absolute atomic E-state index is 0.201. The summed E-state index contributed by atoms with van der Waals surface area (Å²) >= 11 is 5.94. The van der Waals surface area contributed by atoms with E-state index >= 15 is 0 Å². The lowest BCUT2D eigenvalue weighted by atomic mass is 9.99. The summed E-state index contributed by atoms with van der Waals surface area (Å²) in [5.74, 6) is -0.529. The van der Waals surface area contributed by atoms with Crippen LogP contribution in [-0.4, -0.2) is 20.0 Å². The van der Waals surface area contributed by atoms with Crippen LogP contribution in [0.25, 0.3) is 33.5 Å². The molecule has 1 N–H and O–H groups in total. The first kappa shape index (κ1) is 19.6. The average Bonchev–Trinajstić information content (AvgIpc) is 3.08. The fourth-order valence-corrected chi connectivity index (χ4v) is 3.48. The average molecular weight is 419 g/mol. The summed E-state index contributed by atoms with van der Waals surface area (Å²) in [7, 11) is 1.74. The lowest BCUT2D eigenvalue weighted by Crippen LogP contribution is -2.09. The molecule has 0 aliphatic carbocycles. The number of fused-ring (bicyclic) bond motifs is 1. The SMILES string of the molecule is [CH2]c1n[nH]c(=O)c2ccc(-c3cnn(C)c3C=C(C#N)c3cc(F)cc(Cl)c3)cc12. The van der Waals surface area contributed by atoms with Crippen molar-refractivity contribution in [1.29, 1.82) is 5.26 Å². The molecule has 2 heterocycles. The van der Waals surface area contributed by atoms with Gasteiger partial charge in [0.05, 0.1) is 34.6 Å². The normalized spacial score (nSPS) is 11.6. The lowest BCUT2D eigenvalue weighted by Gasteiger charge is -2.07. The number of aromatic amines is 1. The van der Waals surface area contributed by atoms with Crippen molar-refractivity contribution in [2.75, 3.05) is 0 Å². The predicted octanol–water partition coefficient (Wildman–Crippen LogP) is 4.36. The number of aromatic nitrogens is 4. The number of hydrogen-bond donors (Lipinski definition) is 1. The molecule has 0 fully saturated rings. The van der Waals surface area contributed by atoms with Crippen LogP contribution in [0.15, 0.2) is 47.4 Å². The van der Waals surface area contributed by atoms with E-state index in [-0.39, 0.29) is 16.2 Å². The number of nitrogens with zero attached hydrogens (tertiary/aromatic N) is 4. The molecule has 8 heteroatoms. The molecule has 0 aliphatic heterocycles. The number of rotatable bonds is 3. The molecule has 2 aromatic carbocycles. The molecule has 0 saturated carbocycles. The first-order valence-corrected chi connectivity index (χ1v) is 9.20. The van der Waals surface area contributed by atoms with Gasteiger partial charge in [-0.2, -0.15) is 15.5 Å². The van der Waals surface area contributed by atoms with Gasteiger partial charge in [-0.1, -0.05) is 17.7 Å². The zero-order valence-corrected chi connectivity index (χ0v) is 16.5. The van der Waals surface area contributed by atoms with E-state index in [0.717, 1.165) is 11.1 Å². The van der Waals surface area contributed by atoms with Gasteiger partial charge in [-0.3, -0.25) is 9.48 Å². The van der Waals surface area contributed by atoms with E-state index in [1.54, 1.807) is 42.2 Å². The monoisotopic (exact) mass is 418 g/mol. The Kier molecular flexibility index (Phi) is 4.94. The van der Waals surface area contributed by atoms with E-state index in [4.69, 9.17) is 11.6 Å². The molecule has 0 aliphatic rings. The third kappa shape index (κ3) is 3.49. The number of allylic oxidation sites excluding steroid dienone is 1. The van der Waals surface area contributed by atoms with Crippen LogP contribution in [0.4, 0.5) is 4.39 Å². The van der Waals surface area contributed by atoms with Crippen molar-refractivity contribution < 1.29 is 4.39 Å². The number of H-pyrrole nitrogens is 1. The van der Waals surface area contributed by atoms with Crippen LogP contribution in [0.1, 0.15) is 17.0 Å². The van der Waals surface area contributed by atoms with Gasteiger partial charge in [0.2, 0.25) is 0 Å². The Bertz CT molecular complexity index is 1410. The van der Waals surface area contributed by atoms with Crippen molar-refractivity contribution in [2.24, 2.45) is 7.05 Å². The van der Waals surface area contributed by atoms with Crippen LogP contribution < -0.4 is 5.56 Å². The van der Waals surface area contributed by atoms with Gasteiger partial charge in [0.25, 0.3) is 5.56 Å². The van der Waals surface area contributed by atoms with Crippen molar-refractivity contribution in [3.05, 3.63) is 87.7 Å². The summed E-state index contributed by atoms with van der Waals surface area (Å²) in [6.07, 6.45) is 3.28. The lowest BCUT2D eigenvalue weighted by molar-refractivity contribution is 0.627. The highest BCUT2D eigenvalue weighted by molar-refractivity contribution is 6.30. The summed E-state index contributed by atoms with van der Waals surface area (Å²) in [6, 6.07) is 11.3. The molecule has 2 aromatic heterocycles. The highest BCUT2D eigenvalue weighted by Gasteiger charge is 2.14.